The van der Waals surface area contributed by atoms with Gasteiger partial charge in [-0.2, -0.15) is 0 Å². The molecule has 0 amide bonds. The minimum absolute atomic E-state index is 0.224. The highest BCUT2D eigenvalue weighted by molar-refractivity contribution is 5.96. The molecule has 3 heteroatoms. The van der Waals surface area contributed by atoms with Crippen molar-refractivity contribution in [2.75, 3.05) is 0 Å². The first kappa shape index (κ1) is 20.4. The van der Waals surface area contributed by atoms with Crippen LogP contribution in [-0.4, -0.2) is 11.9 Å². The fraction of sp³-hybridized carbons (Fsp3) is 0.619. The van der Waals surface area contributed by atoms with E-state index in [9.17, 15) is 9.59 Å². The summed E-state index contributed by atoms with van der Waals surface area (Å²) >= 11 is 0. The van der Waals surface area contributed by atoms with E-state index in [2.05, 4.69) is 39.0 Å². The highest BCUT2D eigenvalue weighted by Crippen LogP contribution is 2.37. The molecule has 0 aromatic carbocycles. The zero-order valence-electron chi connectivity index (χ0n) is 15.9. The van der Waals surface area contributed by atoms with Crippen LogP contribution in [0.4, 0.5) is 0 Å². The van der Waals surface area contributed by atoms with Gasteiger partial charge in [0, 0.05) is 0 Å². The van der Waals surface area contributed by atoms with Crippen molar-refractivity contribution in [1.29, 1.82) is 0 Å². The van der Waals surface area contributed by atoms with Gasteiger partial charge in [0.25, 0.3) is 0 Å². The molecule has 0 radical (unpaired) electrons. The molecule has 2 unspecified atom stereocenters. The minimum atomic E-state index is -0.333. The van der Waals surface area contributed by atoms with E-state index in [0.29, 0.717) is 12.8 Å². The summed E-state index contributed by atoms with van der Waals surface area (Å²) in [5.74, 6) is -1.11. The summed E-state index contributed by atoms with van der Waals surface area (Å²) < 4.78 is 4.73. The summed E-state index contributed by atoms with van der Waals surface area (Å²) in [4.78, 5) is 23.1. The van der Waals surface area contributed by atoms with Gasteiger partial charge >= 0.3 is 11.9 Å². The number of cyclic esters (lactones) is 2. The Morgan fingerprint density at radius 2 is 1.75 bits per heavy atom. The van der Waals surface area contributed by atoms with Gasteiger partial charge in [-0.3, -0.25) is 9.59 Å². The molecule has 1 saturated heterocycles. The summed E-state index contributed by atoms with van der Waals surface area (Å²) in [6, 6.07) is 0. The smallest absolute Gasteiger partial charge is 0.317 e. The lowest BCUT2D eigenvalue weighted by atomic mass is 9.80. The lowest BCUT2D eigenvalue weighted by molar-refractivity contribution is -0.153. The van der Waals surface area contributed by atoms with Crippen LogP contribution < -0.4 is 0 Å². The molecule has 134 valence electrons. The summed E-state index contributed by atoms with van der Waals surface area (Å²) in [6.45, 7) is 10.4. The van der Waals surface area contributed by atoms with Crippen LogP contribution in [0, 0.1) is 11.8 Å². The van der Waals surface area contributed by atoms with Crippen LogP contribution in [0.15, 0.2) is 34.9 Å². The largest absolute Gasteiger partial charge is 0.393 e. The third-order valence-corrected chi connectivity index (χ3v) is 4.48. The molecule has 1 fully saturated rings. The molecule has 24 heavy (non-hydrogen) atoms. The molecule has 3 nitrogen and oxygen atoms in total. The van der Waals surface area contributed by atoms with Crippen molar-refractivity contribution in [3.8, 4) is 0 Å². The van der Waals surface area contributed by atoms with Gasteiger partial charge in [0.2, 0.25) is 0 Å². The summed E-state index contributed by atoms with van der Waals surface area (Å²) in [5, 5.41) is 0. The first-order valence-corrected chi connectivity index (χ1v) is 9.20. The maximum Gasteiger partial charge on any atom is 0.317 e. The van der Waals surface area contributed by atoms with Crippen LogP contribution in [0.2, 0.25) is 0 Å². The quantitative estimate of drug-likeness (QED) is 0.365. The van der Waals surface area contributed by atoms with Crippen molar-refractivity contribution in [1.82, 2.24) is 0 Å². The van der Waals surface area contributed by atoms with E-state index in [1.807, 2.05) is 13.8 Å². The van der Waals surface area contributed by atoms with Crippen molar-refractivity contribution in [2.45, 2.75) is 73.1 Å². The van der Waals surface area contributed by atoms with E-state index < -0.39 is 0 Å². The molecule has 0 saturated carbocycles. The Hall–Kier alpha value is -1.64. The molecule has 0 N–H and O–H groups in total. The third kappa shape index (κ3) is 6.10. The molecular weight excluding hydrogens is 300 g/mol. The molecule has 0 aromatic rings. The second kappa shape index (κ2) is 10.3. The Labute approximate surface area is 146 Å². The van der Waals surface area contributed by atoms with Crippen LogP contribution in [0.5, 0.6) is 0 Å². The van der Waals surface area contributed by atoms with Gasteiger partial charge in [0.05, 0.1) is 11.8 Å². The van der Waals surface area contributed by atoms with E-state index in [1.54, 1.807) is 0 Å². The number of hydrogen-bond acceptors (Lipinski definition) is 3. The van der Waals surface area contributed by atoms with Gasteiger partial charge in [-0.05, 0) is 59.3 Å². The molecule has 2 rings (SSSR count). The van der Waals surface area contributed by atoms with Gasteiger partial charge < -0.3 is 4.74 Å². The topological polar surface area (TPSA) is 43.4 Å². The predicted molar refractivity (Wildman–Crippen MR) is 98.4 cm³/mol. The lowest BCUT2D eigenvalue weighted by Crippen LogP contribution is -2.21. The average Bonchev–Trinajstić information content (AvgIpc) is 2.83. The molecule has 1 heterocycles. The predicted octanol–water partition coefficient (Wildman–Crippen LogP) is 5.52. The van der Waals surface area contributed by atoms with Crippen molar-refractivity contribution < 1.29 is 14.3 Å². The van der Waals surface area contributed by atoms with Crippen LogP contribution in [0.3, 0.4) is 0 Å². The molecule has 2 atom stereocenters. The van der Waals surface area contributed by atoms with Crippen LogP contribution in [0.1, 0.15) is 73.1 Å². The molecule has 1 aliphatic carbocycles. The Bertz CT molecular complexity index is 533. The summed E-state index contributed by atoms with van der Waals surface area (Å²) in [5.41, 5.74) is 4.08. The number of hydrogen-bond donors (Lipinski definition) is 0. The Balaban J connectivity index is 0.00000139. The standard InChI is InChI=1S/C19H26O3.C2H6/c1-13(2)6-4-7-14(3)8-5-9-15-10-11-16-17(12-15)19(21)22-18(16)20;1-2/h6,8,10,16-17H,4-5,7,9,11-12H2,1-3H3;1-2H3/b14-8+;. The van der Waals surface area contributed by atoms with E-state index in [1.165, 1.54) is 16.7 Å². The van der Waals surface area contributed by atoms with Gasteiger partial charge in [0.15, 0.2) is 0 Å². The van der Waals surface area contributed by atoms with Gasteiger partial charge in [0.1, 0.15) is 0 Å². The van der Waals surface area contributed by atoms with Crippen LogP contribution >= 0.6 is 0 Å². The number of carbonyl (C=O) groups excluding carboxylic acids is 2. The summed E-state index contributed by atoms with van der Waals surface area (Å²) in [7, 11) is 0. The van der Waals surface area contributed by atoms with Crippen molar-refractivity contribution in [2.24, 2.45) is 11.8 Å². The first-order chi connectivity index (χ1) is 11.5. The van der Waals surface area contributed by atoms with Crippen molar-refractivity contribution >= 4 is 11.9 Å². The first-order valence-electron chi connectivity index (χ1n) is 9.20. The highest BCUT2D eigenvalue weighted by Gasteiger charge is 2.45. The number of rotatable bonds is 6. The number of fused-ring (bicyclic) bond motifs is 1. The molecule has 2 aliphatic rings. The summed E-state index contributed by atoms with van der Waals surface area (Å²) in [6.07, 6.45) is 12.2. The van der Waals surface area contributed by atoms with Gasteiger partial charge in [-0.25, -0.2) is 0 Å². The molecular formula is C21H32O3. The van der Waals surface area contributed by atoms with Crippen LogP contribution in [-0.2, 0) is 14.3 Å². The Kier molecular flexibility index (Phi) is 8.73. The van der Waals surface area contributed by atoms with Gasteiger partial charge in [-0.15, -0.1) is 0 Å². The minimum Gasteiger partial charge on any atom is -0.393 e. The number of carbonyl (C=O) groups is 2. The highest BCUT2D eigenvalue weighted by atomic mass is 16.6. The fourth-order valence-electron chi connectivity index (χ4n) is 3.12. The van der Waals surface area contributed by atoms with E-state index in [0.717, 1.165) is 25.7 Å². The van der Waals surface area contributed by atoms with Crippen molar-refractivity contribution in [3.63, 3.8) is 0 Å². The van der Waals surface area contributed by atoms with Crippen LogP contribution in [0.25, 0.3) is 0 Å². The van der Waals surface area contributed by atoms with Crippen molar-refractivity contribution in [3.05, 3.63) is 34.9 Å². The maximum atomic E-state index is 11.6. The zero-order valence-corrected chi connectivity index (χ0v) is 15.9. The zero-order chi connectivity index (χ0) is 18.1. The Morgan fingerprint density at radius 1 is 1.08 bits per heavy atom. The van der Waals surface area contributed by atoms with E-state index in [-0.39, 0.29) is 23.8 Å². The number of ether oxygens (including phenoxy) is 1. The molecule has 0 bridgehead atoms. The third-order valence-electron chi connectivity index (χ3n) is 4.48. The van der Waals surface area contributed by atoms with E-state index >= 15 is 0 Å². The lowest BCUT2D eigenvalue weighted by Gasteiger charge is -2.20. The molecule has 0 spiro atoms. The second-order valence-electron chi connectivity index (χ2n) is 6.66. The monoisotopic (exact) mass is 332 g/mol. The number of esters is 2. The molecule has 0 aromatic heterocycles. The average molecular weight is 332 g/mol. The normalized spacial score (nSPS) is 22.9. The molecule has 1 aliphatic heterocycles. The SMILES string of the molecule is CC.CC(C)=CCC/C(C)=C/CCC1=CCC2C(=O)OC(=O)C2C1. The number of allylic oxidation sites excluding steroid dienone is 6. The second-order valence-corrected chi connectivity index (χ2v) is 6.66. The van der Waals surface area contributed by atoms with E-state index in [4.69, 9.17) is 4.74 Å². The maximum absolute atomic E-state index is 11.6. The van der Waals surface area contributed by atoms with Gasteiger partial charge in [-0.1, -0.05) is 48.8 Å². The fourth-order valence-corrected chi connectivity index (χ4v) is 3.12. The Morgan fingerprint density at radius 3 is 2.42 bits per heavy atom.